The molecule has 0 aromatic carbocycles. The highest BCUT2D eigenvalue weighted by atomic mass is 35.5. The highest BCUT2D eigenvalue weighted by molar-refractivity contribution is 6.29. The Balaban J connectivity index is 1.71. The van der Waals surface area contributed by atoms with Crippen LogP contribution in [0.3, 0.4) is 0 Å². The number of halogens is 1. The number of ether oxygens (including phenoxy) is 3. The second-order valence-corrected chi connectivity index (χ2v) is 8.31. The number of amides is 1. The van der Waals surface area contributed by atoms with Gasteiger partial charge < -0.3 is 19.5 Å². The van der Waals surface area contributed by atoms with Crippen LogP contribution in [-0.4, -0.2) is 64.4 Å². The molecule has 2 heterocycles. The maximum absolute atomic E-state index is 12.5. The summed E-state index contributed by atoms with van der Waals surface area (Å²) in [5.74, 6) is 0.0593. The molecule has 1 aliphatic carbocycles. The van der Waals surface area contributed by atoms with Crippen molar-refractivity contribution in [1.29, 1.82) is 0 Å². The smallest absolute Gasteiger partial charge is 0.411 e. The van der Waals surface area contributed by atoms with Gasteiger partial charge >= 0.3 is 18.1 Å². The van der Waals surface area contributed by atoms with Crippen LogP contribution in [0.15, 0.2) is 6.07 Å². The molecule has 2 atom stereocenters. The highest BCUT2D eigenvalue weighted by Crippen LogP contribution is 2.28. The van der Waals surface area contributed by atoms with Crippen molar-refractivity contribution >= 4 is 29.5 Å². The van der Waals surface area contributed by atoms with Gasteiger partial charge in [-0.05, 0) is 33.6 Å². The predicted octanol–water partition coefficient (Wildman–Crippen LogP) is 2.63. The van der Waals surface area contributed by atoms with Crippen molar-refractivity contribution in [3.05, 3.63) is 11.2 Å². The van der Waals surface area contributed by atoms with E-state index in [4.69, 9.17) is 25.8 Å². The Labute approximate surface area is 168 Å². The second kappa shape index (κ2) is 7.98. The third kappa shape index (κ3) is 5.37. The van der Waals surface area contributed by atoms with Gasteiger partial charge in [-0.25, -0.2) is 9.59 Å². The molecule has 28 heavy (non-hydrogen) atoms. The fourth-order valence-corrected chi connectivity index (χ4v) is 3.05. The molecular formula is C18H25ClN4O5. The molecule has 1 saturated heterocycles. The molecular weight excluding hydrogens is 388 g/mol. The van der Waals surface area contributed by atoms with Gasteiger partial charge in [0.15, 0.2) is 0 Å². The fourth-order valence-electron chi connectivity index (χ4n) is 2.87. The minimum atomic E-state index is -0.798. The SMILES string of the molecule is COC(=O)[C@@H]1C[C@H](Oc2nc(Cl)cc(NC3CC3)n2)CN1C(=O)OC(C)(C)C. The van der Waals surface area contributed by atoms with Gasteiger partial charge in [0, 0.05) is 18.5 Å². The zero-order valence-electron chi connectivity index (χ0n) is 16.4. The first-order valence-electron chi connectivity index (χ1n) is 9.20. The van der Waals surface area contributed by atoms with Crippen molar-refractivity contribution in [3.63, 3.8) is 0 Å². The first kappa shape index (κ1) is 20.4. The maximum Gasteiger partial charge on any atom is 0.411 e. The second-order valence-electron chi connectivity index (χ2n) is 7.92. The highest BCUT2D eigenvalue weighted by Gasteiger charge is 2.43. The fraction of sp³-hybridized carbons (Fsp3) is 0.667. The molecule has 1 amide bonds. The number of methoxy groups -OCH3 is 1. The number of nitrogens with zero attached hydrogens (tertiary/aromatic N) is 3. The number of rotatable bonds is 5. The summed E-state index contributed by atoms with van der Waals surface area (Å²) in [7, 11) is 1.28. The summed E-state index contributed by atoms with van der Waals surface area (Å²) in [6, 6.07) is 1.33. The molecule has 0 spiro atoms. The molecule has 2 aliphatic rings. The Morgan fingerprint density at radius 1 is 1.29 bits per heavy atom. The van der Waals surface area contributed by atoms with Gasteiger partial charge in [0.05, 0.1) is 13.7 Å². The summed E-state index contributed by atoms with van der Waals surface area (Å²) in [4.78, 5) is 34.4. The molecule has 1 aliphatic heterocycles. The number of carbonyl (C=O) groups is 2. The van der Waals surface area contributed by atoms with Crippen molar-refractivity contribution < 1.29 is 23.8 Å². The van der Waals surface area contributed by atoms with Gasteiger partial charge in [-0.3, -0.25) is 4.90 Å². The average molecular weight is 413 g/mol. The molecule has 154 valence electrons. The number of likely N-dealkylation sites (tertiary alicyclic amines) is 1. The van der Waals surface area contributed by atoms with Crippen LogP contribution in [0.25, 0.3) is 0 Å². The lowest BCUT2D eigenvalue weighted by Gasteiger charge is -2.27. The summed E-state index contributed by atoms with van der Waals surface area (Å²) < 4.78 is 16.1. The van der Waals surface area contributed by atoms with Gasteiger partial charge in [-0.2, -0.15) is 9.97 Å². The van der Waals surface area contributed by atoms with Gasteiger partial charge in [0.25, 0.3) is 0 Å². The Morgan fingerprint density at radius 2 is 2.00 bits per heavy atom. The molecule has 0 unspecified atom stereocenters. The largest absolute Gasteiger partial charge is 0.467 e. The van der Waals surface area contributed by atoms with E-state index in [1.54, 1.807) is 26.8 Å². The van der Waals surface area contributed by atoms with E-state index in [1.807, 2.05) is 0 Å². The maximum atomic E-state index is 12.5. The van der Waals surface area contributed by atoms with E-state index in [0.717, 1.165) is 12.8 Å². The summed E-state index contributed by atoms with van der Waals surface area (Å²) in [6.45, 7) is 5.43. The minimum absolute atomic E-state index is 0.0929. The van der Waals surface area contributed by atoms with Crippen molar-refractivity contribution in [3.8, 4) is 6.01 Å². The molecule has 0 bridgehead atoms. The number of nitrogens with one attached hydrogen (secondary N) is 1. The molecule has 10 heteroatoms. The van der Waals surface area contributed by atoms with Crippen LogP contribution in [-0.2, 0) is 14.3 Å². The molecule has 0 radical (unpaired) electrons. The number of hydrogen-bond acceptors (Lipinski definition) is 8. The van der Waals surface area contributed by atoms with E-state index >= 15 is 0 Å². The van der Waals surface area contributed by atoms with Gasteiger partial charge in [-0.15, -0.1) is 0 Å². The third-order valence-electron chi connectivity index (χ3n) is 4.24. The number of esters is 1. The van der Waals surface area contributed by atoms with Crippen LogP contribution < -0.4 is 10.1 Å². The van der Waals surface area contributed by atoms with Gasteiger partial charge in [-0.1, -0.05) is 11.6 Å². The zero-order chi connectivity index (χ0) is 20.5. The van der Waals surface area contributed by atoms with E-state index in [1.165, 1.54) is 12.0 Å². The van der Waals surface area contributed by atoms with E-state index in [2.05, 4.69) is 15.3 Å². The molecule has 1 aromatic rings. The normalized spacial score (nSPS) is 22.0. The predicted molar refractivity (Wildman–Crippen MR) is 101 cm³/mol. The average Bonchev–Trinajstić information content (AvgIpc) is 3.28. The standard InChI is InChI=1S/C18H25ClN4O5/c1-18(2,3)28-17(25)23-9-11(7-12(23)15(24)26-4)27-16-21-13(19)8-14(22-16)20-10-5-6-10/h8,10-12H,5-7,9H2,1-4H3,(H,20,21,22)/t11-,12-/m0/s1. The van der Waals surface area contributed by atoms with Crippen molar-refractivity contribution in [1.82, 2.24) is 14.9 Å². The molecule has 3 rings (SSSR count). The van der Waals surface area contributed by atoms with Crippen LogP contribution in [0.4, 0.5) is 10.6 Å². The molecule has 2 fully saturated rings. The minimum Gasteiger partial charge on any atom is -0.467 e. The molecule has 1 aromatic heterocycles. The zero-order valence-corrected chi connectivity index (χ0v) is 17.2. The lowest BCUT2D eigenvalue weighted by atomic mass is 10.2. The van der Waals surface area contributed by atoms with Crippen molar-refractivity contribution in [2.75, 3.05) is 19.0 Å². The first-order valence-corrected chi connectivity index (χ1v) is 9.57. The van der Waals surface area contributed by atoms with E-state index in [0.29, 0.717) is 11.9 Å². The quantitative estimate of drug-likeness (QED) is 0.581. The number of hydrogen-bond donors (Lipinski definition) is 1. The Kier molecular flexibility index (Phi) is 5.83. The van der Waals surface area contributed by atoms with E-state index in [9.17, 15) is 9.59 Å². The molecule has 1 N–H and O–H groups in total. The van der Waals surface area contributed by atoms with Crippen LogP contribution in [0.5, 0.6) is 6.01 Å². The number of carbonyl (C=O) groups excluding carboxylic acids is 2. The van der Waals surface area contributed by atoms with Crippen molar-refractivity contribution in [2.24, 2.45) is 0 Å². The number of anilines is 1. The Hall–Kier alpha value is -2.29. The van der Waals surface area contributed by atoms with E-state index in [-0.39, 0.29) is 24.1 Å². The summed E-state index contributed by atoms with van der Waals surface area (Å²) in [5, 5.41) is 3.49. The Morgan fingerprint density at radius 3 is 2.61 bits per heavy atom. The van der Waals surface area contributed by atoms with Crippen molar-refractivity contribution in [2.45, 2.75) is 63.8 Å². The van der Waals surface area contributed by atoms with Crippen LogP contribution in [0.2, 0.25) is 5.15 Å². The molecule has 1 saturated carbocycles. The first-order chi connectivity index (χ1) is 13.1. The lowest BCUT2D eigenvalue weighted by molar-refractivity contribution is -0.145. The summed E-state index contributed by atoms with van der Waals surface area (Å²) in [6.07, 6.45) is 1.33. The van der Waals surface area contributed by atoms with Crippen LogP contribution in [0, 0.1) is 0 Å². The van der Waals surface area contributed by atoms with Crippen LogP contribution >= 0.6 is 11.6 Å². The topological polar surface area (TPSA) is 103 Å². The molecule has 9 nitrogen and oxygen atoms in total. The summed E-state index contributed by atoms with van der Waals surface area (Å²) >= 11 is 6.06. The van der Waals surface area contributed by atoms with Gasteiger partial charge in [0.2, 0.25) is 0 Å². The Bertz CT molecular complexity index is 750. The third-order valence-corrected chi connectivity index (χ3v) is 4.43. The van der Waals surface area contributed by atoms with E-state index < -0.39 is 29.8 Å². The number of aromatic nitrogens is 2. The summed E-state index contributed by atoms with van der Waals surface area (Å²) in [5.41, 5.74) is -0.684. The lowest BCUT2D eigenvalue weighted by Crippen LogP contribution is -2.44. The van der Waals surface area contributed by atoms with Gasteiger partial charge in [0.1, 0.15) is 28.7 Å². The monoisotopic (exact) mass is 412 g/mol. The van der Waals surface area contributed by atoms with Crippen LogP contribution in [0.1, 0.15) is 40.0 Å².